The molecule has 0 spiro atoms. The van der Waals surface area contributed by atoms with E-state index in [9.17, 15) is 4.79 Å². The van der Waals surface area contributed by atoms with Crippen LogP contribution in [0.25, 0.3) is 0 Å². The Morgan fingerprint density at radius 3 is 2.65 bits per heavy atom. The van der Waals surface area contributed by atoms with Crippen LogP contribution in [0.2, 0.25) is 5.02 Å². The molecule has 0 fully saturated rings. The van der Waals surface area contributed by atoms with Crippen LogP contribution in [0.4, 0.5) is 0 Å². The molecule has 0 radical (unpaired) electrons. The Morgan fingerprint density at radius 1 is 1.53 bits per heavy atom. The van der Waals surface area contributed by atoms with Crippen LogP contribution in [0, 0.1) is 0 Å². The molecule has 0 heterocycles. The van der Waals surface area contributed by atoms with Crippen LogP contribution in [0.5, 0.6) is 0 Å². The number of carboxylic acid groups (broad SMARTS) is 1. The molecule has 0 bridgehead atoms. The van der Waals surface area contributed by atoms with Gasteiger partial charge in [0.2, 0.25) is 0 Å². The van der Waals surface area contributed by atoms with E-state index in [1.165, 1.54) is 0 Å². The second-order valence-corrected chi connectivity index (χ2v) is 4.02. The lowest BCUT2D eigenvalue weighted by Gasteiger charge is -2.21. The number of rotatable bonds is 6. The smallest absolute Gasteiger partial charge is 0.332 e. The highest BCUT2D eigenvalue weighted by Crippen LogP contribution is 2.26. The average molecular weight is 258 g/mol. The molecule has 0 aliphatic rings. The maximum atomic E-state index is 10.9. The quantitative estimate of drug-likeness (QED) is 0.820. The van der Waals surface area contributed by atoms with E-state index in [1.807, 2.05) is 6.07 Å². The Bertz CT molecular complexity index is 384. The van der Waals surface area contributed by atoms with Gasteiger partial charge < -0.3 is 15.6 Å². The van der Waals surface area contributed by atoms with Gasteiger partial charge in [0.1, 0.15) is 0 Å². The van der Waals surface area contributed by atoms with Crippen molar-refractivity contribution < 1.29 is 14.6 Å². The third-order valence-electron chi connectivity index (χ3n) is 2.44. The van der Waals surface area contributed by atoms with Gasteiger partial charge in [0.15, 0.2) is 6.10 Å². The number of ether oxygens (including phenoxy) is 1. The van der Waals surface area contributed by atoms with Crippen LogP contribution in [0.15, 0.2) is 24.3 Å². The van der Waals surface area contributed by atoms with Crippen molar-refractivity contribution in [2.75, 3.05) is 6.54 Å². The fourth-order valence-corrected chi connectivity index (χ4v) is 1.78. The van der Waals surface area contributed by atoms with Crippen molar-refractivity contribution in [3.05, 3.63) is 34.9 Å². The topological polar surface area (TPSA) is 72.5 Å². The van der Waals surface area contributed by atoms with Gasteiger partial charge >= 0.3 is 5.97 Å². The highest BCUT2D eigenvalue weighted by molar-refractivity contribution is 6.31. The van der Waals surface area contributed by atoms with Gasteiger partial charge in [-0.3, -0.25) is 0 Å². The molecule has 1 aromatic rings. The molecule has 4 nitrogen and oxygen atoms in total. The summed E-state index contributed by atoms with van der Waals surface area (Å²) in [5.74, 6) is -0.988. The van der Waals surface area contributed by atoms with Gasteiger partial charge in [-0.1, -0.05) is 36.7 Å². The average Bonchev–Trinajstić information content (AvgIpc) is 2.31. The van der Waals surface area contributed by atoms with Crippen molar-refractivity contribution in [1.82, 2.24) is 0 Å². The summed E-state index contributed by atoms with van der Waals surface area (Å²) in [6, 6.07) is 7.13. The lowest BCUT2D eigenvalue weighted by atomic mass is 10.1. The number of carboxylic acids is 1. The largest absolute Gasteiger partial charge is 0.479 e. The zero-order valence-electron chi connectivity index (χ0n) is 9.60. The Morgan fingerprint density at radius 2 is 2.18 bits per heavy atom. The number of hydrogen-bond acceptors (Lipinski definition) is 3. The van der Waals surface area contributed by atoms with Crippen LogP contribution in [-0.2, 0) is 9.53 Å². The van der Waals surface area contributed by atoms with Crippen molar-refractivity contribution in [2.24, 2.45) is 5.73 Å². The second-order valence-electron chi connectivity index (χ2n) is 3.62. The predicted octanol–water partition coefficient (Wildman–Crippen LogP) is 2.22. The van der Waals surface area contributed by atoms with E-state index in [0.29, 0.717) is 11.4 Å². The molecular formula is C12H16ClNO3. The molecule has 5 heteroatoms. The predicted molar refractivity (Wildman–Crippen MR) is 66.0 cm³/mol. The summed E-state index contributed by atoms with van der Waals surface area (Å²) in [4.78, 5) is 10.9. The van der Waals surface area contributed by atoms with E-state index in [2.05, 4.69) is 0 Å². The second kappa shape index (κ2) is 6.59. The van der Waals surface area contributed by atoms with E-state index in [4.69, 9.17) is 27.2 Å². The van der Waals surface area contributed by atoms with Crippen molar-refractivity contribution in [2.45, 2.75) is 25.6 Å². The van der Waals surface area contributed by atoms with Crippen molar-refractivity contribution in [3.8, 4) is 0 Å². The molecule has 2 unspecified atom stereocenters. The lowest BCUT2D eigenvalue weighted by molar-refractivity contribution is -0.154. The summed E-state index contributed by atoms with van der Waals surface area (Å²) >= 11 is 6.02. The number of aliphatic carboxylic acids is 1. The first-order chi connectivity index (χ1) is 8.10. The summed E-state index contributed by atoms with van der Waals surface area (Å²) < 4.78 is 5.47. The number of benzene rings is 1. The monoisotopic (exact) mass is 257 g/mol. The third kappa shape index (κ3) is 3.70. The van der Waals surface area contributed by atoms with E-state index in [1.54, 1.807) is 25.1 Å². The summed E-state index contributed by atoms with van der Waals surface area (Å²) in [6.07, 6.45) is -0.972. The normalized spacial score (nSPS) is 14.3. The summed E-state index contributed by atoms with van der Waals surface area (Å²) in [6.45, 7) is 1.94. The molecule has 0 saturated heterocycles. The van der Waals surface area contributed by atoms with Crippen LogP contribution in [0.3, 0.4) is 0 Å². The minimum atomic E-state index is -0.988. The number of carbonyl (C=O) groups is 1. The molecular weight excluding hydrogens is 242 g/mol. The zero-order chi connectivity index (χ0) is 12.8. The number of hydrogen-bond donors (Lipinski definition) is 2. The van der Waals surface area contributed by atoms with E-state index in [0.717, 1.165) is 5.56 Å². The van der Waals surface area contributed by atoms with Gasteiger partial charge in [0.05, 0.1) is 6.10 Å². The Hall–Kier alpha value is -1.10. The fourth-order valence-electron chi connectivity index (χ4n) is 1.52. The Balaban J connectivity index is 2.85. The minimum Gasteiger partial charge on any atom is -0.479 e. The molecule has 1 aromatic carbocycles. The summed E-state index contributed by atoms with van der Waals surface area (Å²) in [7, 11) is 0. The van der Waals surface area contributed by atoms with E-state index >= 15 is 0 Å². The van der Waals surface area contributed by atoms with Crippen molar-refractivity contribution in [3.63, 3.8) is 0 Å². The van der Waals surface area contributed by atoms with Crippen molar-refractivity contribution >= 4 is 17.6 Å². The Kier molecular flexibility index (Phi) is 5.41. The SMILES string of the molecule is CCC(OC(CN)c1ccccc1Cl)C(=O)O. The van der Waals surface area contributed by atoms with Crippen LogP contribution in [0.1, 0.15) is 25.0 Å². The van der Waals surface area contributed by atoms with Gasteiger partial charge in [-0.05, 0) is 12.5 Å². The Labute approximate surface area is 105 Å². The molecule has 94 valence electrons. The molecule has 0 amide bonds. The minimum absolute atomic E-state index is 0.188. The molecule has 17 heavy (non-hydrogen) atoms. The fraction of sp³-hybridized carbons (Fsp3) is 0.417. The van der Waals surface area contributed by atoms with Crippen LogP contribution in [-0.4, -0.2) is 23.7 Å². The first-order valence-electron chi connectivity index (χ1n) is 5.42. The number of halogens is 1. The van der Waals surface area contributed by atoms with Gasteiger partial charge in [0, 0.05) is 17.1 Å². The molecule has 0 saturated carbocycles. The third-order valence-corrected chi connectivity index (χ3v) is 2.79. The molecule has 0 aliphatic heterocycles. The molecule has 3 N–H and O–H groups in total. The maximum absolute atomic E-state index is 10.9. The van der Waals surface area contributed by atoms with Gasteiger partial charge in [-0.2, -0.15) is 0 Å². The standard InChI is InChI=1S/C12H16ClNO3/c1-2-10(12(15)16)17-11(7-14)8-5-3-4-6-9(8)13/h3-6,10-11H,2,7,14H2,1H3,(H,15,16). The number of nitrogens with two attached hydrogens (primary N) is 1. The first kappa shape index (κ1) is 14.0. The first-order valence-corrected chi connectivity index (χ1v) is 5.80. The van der Waals surface area contributed by atoms with Crippen LogP contribution >= 0.6 is 11.6 Å². The maximum Gasteiger partial charge on any atom is 0.332 e. The highest BCUT2D eigenvalue weighted by Gasteiger charge is 2.22. The van der Waals surface area contributed by atoms with Gasteiger partial charge in [0.25, 0.3) is 0 Å². The van der Waals surface area contributed by atoms with Gasteiger partial charge in [-0.15, -0.1) is 0 Å². The van der Waals surface area contributed by atoms with Crippen LogP contribution < -0.4 is 5.73 Å². The molecule has 1 rings (SSSR count). The lowest BCUT2D eigenvalue weighted by Crippen LogP contribution is -2.28. The van der Waals surface area contributed by atoms with E-state index in [-0.39, 0.29) is 6.54 Å². The van der Waals surface area contributed by atoms with E-state index < -0.39 is 18.2 Å². The summed E-state index contributed by atoms with van der Waals surface area (Å²) in [5.41, 5.74) is 6.32. The summed E-state index contributed by atoms with van der Waals surface area (Å²) in [5, 5.41) is 9.47. The highest BCUT2D eigenvalue weighted by atomic mass is 35.5. The molecule has 0 aromatic heterocycles. The molecule has 2 atom stereocenters. The zero-order valence-corrected chi connectivity index (χ0v) is 10.4. The van der Waals surface area contributed by atoms with Gasteiger partial charge in [-0.25, -0.2) is 4.79 Å². The molecule has 0 aliphatic carbocycles. The van der Waals surface area contributed by atoms with Crippen molar-refractivity contribution in [1.29, 1.82) is 0 Å².